The first-order valence-corrected chi connectivity index (χ1v) is 11.1. The van der Waals surface area contributed by atoms with Crippen molar-refractivity contribution in [2.75, 3.05) is 11.9 Å². The lowest BCUT2D eigenvalue weighted by Gasteiger charge is -2.22. The zero-order valence-electron chi connectivity index (χ0n) is 18.4. The molecule has 174 valence electrons. The molecule has 3 heterocycles. The summed E-state index contributed by atoms with van der Waals surface area (Å²) in [5, 5.41) is 13.3. The van der Waals surface area contributed by atoms with Crippen LogP contribution < -0.4 is 5.32 Å². The van der Waals surface area contributed by atoms with Crippen molar-refractivity contribution in [3.05, 3.63) is 70.1 Å². The van der Waals surface area contributed by atoms with E-state index >= 15 is 0 Å². The van der Waals surface area contributed by atoms with Crippen LogP contribution in [-0.2, 0) is 19.7 Å². The lowest BCUT2D eigenvalue weighted by atomic mass is 10.1. The summed E-state index contributed by atoms with van der Waals surface area (Å²) in [6.07, 6.45) is 4.17. The minimum atomic E-state index is -1.02. The summed E-state index contributed by atoms with van der Waals surface area (Å²) in [7, 11) is 0. The van der Waals surface area contributed by atoms with E-state index in [1.165, 1.54) is 0 Å². The molecular formula is C24H25ClF2N4O2. The molecule has 6 nitrogen and oxygen atoms in total. The molecule has 2 aromatic heterocycles. The highest BCUT2D eigenvalue weighted by Gasteiger charge is 2.25. The molecule has 9 heteroatoms. The molecule has 0 bridgehead atoms. The van der Waals surface area contributed by atoms with Crippen molar-refractivity contribution >= 4 is 23.3 Å². The van der Waals surface area contributed by atoms with Crippen molar-refractivity contribution in [3.8, 4) is 11.1 Å². The number of aryl methyl sites for hydroxylation is 1. The monoisotopic (exact) mass is 474 g/mol. The van der Waals surface area contributed by atoms with E-state index in [9.17, 15) is 18.7 Å². The molecule has 0 unspecified atom stereocenters. The third-order valence-corrected chi connectivity index (χ3v) is 5.91. The summed E-state index contributed by atoms with van der Waals surface area (Å²) in [6.45, 7) is 4.74. The number of fused-ring (bicyclic) bond motifs is 1. The highest BCUT2D eigenvalue weighted by atomic mass is 35.5. The van der Waals surface area contributed by atoms with Crippen molar-refractivity contribution in [1.82, 2.24) is 14.5 Å². The molecule has 0 atom stereocenters. The van der Waals surface area contributed by atoms with Crippen LogP contribution in [0.15, 0.2) is 36.7 Å². The van der Waals surface area contributed by atoms with Crippen molar-refractivity contribution in [3.63, 3.8) is 0 Å². The van der Waals surface area contributed by atoms with Gasteiger partial charge in [-0.15, -0.1) is 0 Å². The molecule has 1 aliphatic rings. The average molecular weight is 475 g/mol. The second kappa shape index (κ2) is 9.49. The van der Waals surface area contributed by atoms with Gasteiger partial charge in [0.05, 0.1) is 11.6 Å². The van der Waals surface area contributed by atoms with Crippen LogP contribution in [0.3, 0.4) is 0 Å². The summed E-state index contributed by atoms with van der Waals surface area (Å²) >= 11 is 6.41. The molecule has 0 saturated carbocycles. The Kier molecular flexibility index (Phi) is 6.67. The lowest BCUT2D eigenvalue weighted by molar-refractivity contribution is 0.0744. The van der Waals surface area contributed by atoms with Crippen molar-refractivity contribution in [2.24, 2.45) is 0 Å². The number of amides is 1. The SMILES string of the molecule is CC(C)Nc1cc(-c2cc3n(c2)CCCN(Cc2cc(F)c(F)cc2CO)C3=O)c(Cl)cn1. The maximum atomic E-state index is 13.8. The topological polar surface area (TPSA) is 70.4 Å². The highest BCUT2D eigenvalue weighted by molar-refractivity contribution is 6.33. The molecule has 0 spiro atoms. The number of nitrogens with zero attached hydrogens (tertiary/aromatic N) is 3. The number of benzene rings is 1. The number of carbonyl (C=O) groups is 1. The number of halogens is 3. The van der Waals surface area contributed by atoms with E-state index in [-0.39, 0.29) is 24.1 Å². The van der Waals surface area contributed by atoms with Gasteiger partial charge >= 0.3 is 0 Å². The molecule has 4 rings (SSSR count). The van der Waals surface area contributed by atoms with E-state index in [1.807, 2.05) is 30.7 Å². The van der Waals surface area contributed by atoms with Gasteiger partial charge in [-0.3, -0.25) is 4.79 Å². The predicted molar refractivity (Wildman–Crippen MR) is 123 cm³/mol. The second-order valence-corrected chi connectivity index (χ2v) is 8.84. The van der Waals surface area contributed by atoms with Crippen molar-refractivity contribution in [1.29, 1.82) is 0 Å². The van der Waals surface area contributed by atoms with E-state index < -0.39 is 18.2 Å². The Morgan fingerprint density at radius 3 is 2.58 bits per heavy atom. The first-order valence-electron chi connectivity index (χ1n) is 10.8. The van der Waals surface area contributed by atoms with Crippen molar-refractivity contribution < 1.29 is 18.7 Å². The Hall–Kier alpha value is -2.97. The highest BCUT2D eigenvalue weighted by Crippen LogP contribution is 2.32. The average Bonchev–Trinajstić information content (AvgIpc) is 3.13. The number of aliphatic hydroxyl groups excluding tert-OH is 1. The standard InChI is InChI=1S/C24H25ClF2N4O2/c1-14(2)29-23-9-18(19(25)10-28-23)16-8-22-24(33)31(5-3-4-30(22)12-16)11-15-6-20(26)21(27)7-17(15)13-32/h6-10,12,14,32H,3-5,11,13H2,1-2H3,(H,28,29). The fourth-order valence-corrected chi connectivity index (χ4v) is 4.24. The first-order chi connectivity index (χ1) is 15.8. The van der Waals surface area contributed by atoms with Gasteiger partial charge in [-0.2, -0.15) is 0 Å². The molecule has 1 aliphatic heterocycles. The number of rotatable bonds is 6. The van der Waals surface area contributed by atoms with E-state index in [1.54, 1.807) is 17.2 Å². The first kappa shape index (κ1) is 23.2. The zero-order chi connectivity index (χ0) is 23.7. The number of aliphatic hydroxyl groups is 1. The number of nitrogens with one attached hydrogen (secondary N) is 1. The van der Waals surface area contributed by atoms with E-state index in [4.69, 9.17) is 11.6 Å². The van der Waals surface area contributed by atoms with E-state index in [2.05, 4.69) is 10.3 Å². The third-order valence-electron chi connectivity index (χ3n) is 5.61. The summed E-state index contributed by atoms with van der Waals surface area (Å²) in [5.41, 5.74) is 2.69. The van der Waals surface area contributed by atoms with Gasteiger partial charge < -0.3 is 19.9 Å². The zero-order valence-corrected chi connectivity index (χ0v) is 19.2. The molecule has 0 radical (unpaired) electrons. The van der Waals surface area contributed by atoms with Crippen LogP contribution in [0.5, 0.6) is 0 Å². The normalized spacial score (nSPS) is 13.9. The van der Waals surface area contributed by atoms with Gasteiger partial charge in [-0.05, 0) is 55.7 Å². The molecule has 1 aromatic carbocycles. The molecule has 0 saturated heterocycles. The van der Waals surface area contributed by atoms with Crippen molar-refractivity contribution in [2.45, 2.75) is 46.0 Å². The molecule has 2 N–H and O–H groups in total. The number of hydrogen-bond acceptors (Lipinski definition) is 4. The smallest absolute Gasteiger partial charge is 0.270 e. The minimum absolute atomic E-state index is 0.0743. The van der Waals surface area contributed by atoms with Gasteiger partial charge in [0.15, 0.2) is 11.6 Å². The van der Waals surface area contributed by atoms with Gasteiger partial charge in [0, 0.05) is 49.2 Å². The van der Waals surface area contributed by atoms with E-state index in [0.29, 0.717) is 41.6 Å². The Morgan fingerprint density at radius 1 is 1.15 bits per heavy atom. The number of aromatic nitrogens is 2. The van der Waals surface area contributed by atoms with Crippen LogP contribution in [0, 0.1) is 11.6 Å². The second-order valence-electron chi connectivity index (χ2n) is 8.43. The maximum absolute atomic E-state index is 13.8. The van der Waals surface area contributed by atoms with Gasteiger partial charge in [0.25, 0.3) is 5.91 Å². The Bertz CT molecular complexity index is 1200. The molecule has 0 aliphatic carbocycles. The number of pyridine rings is 1. The van der Waals surface area contributed by atoms with Gasteiger partial charge in [-0.1, -0.05) is 11.6 Å². The lowest BCUT2D eigenvalue weighted by Crippen LogP contribution is -2.31. The fraction of sp³-hybridized carbons (Fsp3) is 0.333. The third kappa shape index (κ3) is 4.86. The molecule has 33 heavy (non-hydrogen) atoms. The minimum Gasteiger partial charge on any atom is -0.392 e. The number of carbonyl (C=O) groups excluding carboxylic acids is 1. The molecule has 3 aromatic rings. The van der Waals surface area contributed by atoms with Gasteiger partial charge in [0.1, 0.15) is 11.5 Å². The summed E-state index contributed by atoms with van der Waals surface area (Å²) in [6, 6.07) is 5.87. The van der Waals surface area contributed by atoms with Crippen LogP contribution in [0.1, 0.15) is 41.9 Å². The van der Waals surface area contributed by atoms with Crippen LogP contribution in [0.25, 0.3) is 11.1 Å². The number of hydrogen-bond donors (Lipinski definition) is 2. The molecule has 0 fully saturated rings. The Balaban J connectivity index is 1.65. The number of anilines is 1. The summed E-state index contributed by atoms with van der Waals surface area (Å²) in [5.74, 6) is -1.57. The fourth-order valence-electron chi connectivity index (χ4n) is 4.03. The van der Waals surface area contributed by atoms with Crippen LogP contribution in [-0.4, -0.2) is 38.1 Å². The van der Waals surface area contributed by atoms with Gasteiger partial charge in [0.2, 0.25) is 0 Å². The van der Waals surface area contributed by atoms with Crippen LogP contribution in [0.4, 0.5) is 14.6 Å². The molecule has 1 amide bonds. The van der Waals surface area contributed by atoms with E-state index in [0.717, 1.165) is 23.3 Å². The predicted octanol–water partition coefficient (Wildman–Crippen LogP) is 4.84. The Labute approximate surface area is 195 Å². The largest absolute Gasteiger partial charge is 0.392 e. The summed E-state index contributed by atoms with van der Waals surface area (Å²) in [4.78, 5) is 19.2. The maximum Gasteiger partial charge on any atom is 0.270 e. The Morgan fingerprint density at radius 2 is 1.88 bits per heavy atom. The van der Waals surface area contributed by atoms with Crippen LogP contribution in [0.2, 0.25) is 5.02 Å². The molecular weight excluding hydrogens is 450 g/mol. The summed E-state index contributed by atoms with van der Waals surface area (Å²) < 4.78 is 29.3. The van der Waals surface area contributed by atoms with Gasteiger partial charge in [-0.25, -0.2) is 13.8 Å². The van der Waals surface area contributed by atoms with Crippen LogP contribution >= 0.6 is 11.6 Å². The quantitative estimate of drug-likeness (QED) is 0.536.